The third kappa shape index (κ3) is 2.90. The van der Waals surface area contributed by atoms with Crippen LogP contribution in [0.15, 0.2) is 30.3 Å². The van der Waals surface area contributed by atoms with Gasteiger partial charge in [0.15, 0.2) is 6.29 Å². The van der Waals surface area contributed by atoms with Gasteiger partial charge in [-0.1, -0.05) is 30.3 Å². The van der Waals surface area contributed by atoms with Gasteiger partial charge in [0, 0.05) is 7.11 Å². The molecule has 1 aromatic carbocycles. The molecule has 2 fully saturated rings. The number of hydrogen-bond donors (Lipinski definition) is 2. The molecule has 22 heavy (non-hydrogen) atoms. The minimum absolute atomic E-state index is 0.322. The Bertz CT molecular complexity index is 481. The zero-order valence-electron chi connectivity index (χ0n) is 12.7. The van der Waals surface area contributed by atoms with Crippen molar-refractivity contribution < 1.29 is 29.2 Å². The molecule has 1 aliphatic carbocycles. The first-order chi connectivity index (χ1) is 10.6. The van der Waals surface area contributed by atoms with Crippen LogP contribution in [0.2, 0.25) is 0 Å². The monoisotopic (exact) mass is 310 g/mol. The van der Waals surface area contributed by atoms with E-state index in [9.17, 15) is 10.2 Å². The average molecular weight is 310 g/mol. The van der Waals surface area contributed by atoms with Crippen molar-refractivity contribution in [2.24, 2.45) is 0 Å². The summed E-state index contributed by atoms with van der Waals surface area (Å²) in [7, 11) is 1.49. The van der Waals surface area contributed by atoms with Crippen molar-refractivity contribution in [1.82, 2.24) is 0 Å². The fourth-order valence-corrected chi connectivity index (χ4v) is 3.18. The second-order valence-electron chi connectivity index (χ2n) is 5.71. The summed E-state index contributed by atoms with van der Waals surface area (Å²) in [4.78, 5) is 0. The molecule has 1 heterocycles. The summed E-state index contributed by atoms with van der Waals surface area (Å²) >= 11 is 0. The molecule has 1 saturated carbocycles. The van der Waals surface area contributed by atoms with Gasteiger partial charge < -0.3 is 29.2 Å². The largest absolute Gasteiger partial charge is 0.387 e. The Hall–Kier alpha value is -1.02. The smallest absolute Gasteiger partial charge is 0.156 e. The molecule has 6 nitrogen and oxygen atoms in total. The van der Waals surface area contributed by atoms with Gasteiger partial charge in [-0.3, -0.25) is 0 Å². The van der Waals surface area contributed by atoms with Crippen LogP contribution in [0.1, 0.15) is 12.5 Å². The summed E-state index contributed by atoms with van der Waals surface area (Å²) in [6.45, 7) is 2.06. The third-order valence-corrected chi connectivity index (χ3v) is 4.25. The van der Waals surface area contributed by atoms with Gasteiger partial charge in [0.2, 0.25) is 0 Å². The molecular weight excluding hydrogens is 288 g/mol. The molecule has 0 unspecified atom stereocenters. The zero-order valence-corrected chi connectivity index (χ0v) is 12.7. The molecule has 122 valence electrons. The van der Waals surface area contributed by atoms with Crippen LogP contribution < -0.4 is 0 Å². The highest BCUT2D eigenvalue weighted by Crippen LogP contribution is 2.35. The van der Waals surface area contributed by atoms with Crippen LogP contribution in [0.3, 0.4) is 0 Å². The lowest BCUT2D eigenvalue weighted by molar-refractivity contribution is -0.219. The van der Waals surface area contributed by atoms with Crippen LogP contribution in [-0.2, 0) is 25.6 Å². The highest BCUT2D eigenvalue weighted by Gasteiger charge is 2.55. The molecule has 6 heteroatoms. The highest BCUT2D eigenvalue weighted by atomic mass is 16.7. The quantitative estimate of drug-likeness (QED) is 0.841. The van der Waals surface area contributed by atoms with E-state index in [1.807, 2.05) is 30.3 Å². The molecule has 2 N–H and O–H groups in total. The molecule has 0 radical (unpaired) electrons. The predicted molar refractivity (Wildman–Crippen MR) is 77.0 cm³/mol. The van der Waals surface area contributed by atoms with E-state index in [4.69, 9.17) is 18.9 Å². The van der Waals surface area contributed by atoms with Crippen molar-refractivity contribution in [3.63, 3.8) is 0 Å². The maximum absolute atomic E-state index is 10.5. The Morgan fingerprint density at radius 1 is 1.00 bits per heavy atom. The second kappa shape index (κ2) is 6.62. The number of hydrogen-bond acceptors (Lipinski definition) is 6. The SMILES string of the molecule is CO[C@H]1[C@H](O)[C@H]2O[C@H](C)O[C@H]2[C@H](O)[C@H]1OCc1ccccc1. The van der Waals surface area contributed by atoms with E-state index in [0.717, 1.165) is 5.56 Å². The summed E-state index contributed by atoms with van der Waals surface area (Å²) in [5.41, 5.74) is 0.984. The fourth-order valence-electron chi connectivity index (χ4n) is 3.18. The zero-order chi connectivity index (χ0) is 15.7. The number of rotatable bonds is 4. The maximum Gasteiger partial charge on any atom is 0.156 e. The van der Waals surface area contributed by atoms with Gasteiger partial charge in [-0.05, 0) is 12.5 Å². The van der Waals surface area contributed by atoms with Gasteiger partial charge in [0.1, 0.15) is 36.6 Å². The lowest BCUT2D eigenvalue weighted by Crippen LogP contribution is -2.63. The second-order valence-corrected chi connectivity index (χ2v) is 5.71. The first kappa shape index (κ1) is 15.9. The molecule has 1 aliphatic heterocycles. The van der Waals surface area contributed by atoms with Crippen LogP contribution in [0, 0.1) is 0 Å². The van der Waals surface area contributed by atoms with E-state index in [2.05, 4.69) is 0 Å². The molecule has 3 rings (SSSR count). The number of ether oxygens (including phenoxy) is 4. The van der Waals surface area contributed by atoms with Crippen molar-refractivity contribution in [2.75, 3.05) is 7.11 Å². The Kier molecular flexibility index (Phi) is 4.77. The van der Waals surface area contributed by atoms with E-state index in [1.165, 1.54) is 7.11 Å². The van der Waals surface area contributed by atoms with E-state index in [-0.39, 0.29) is 0 Å². The molecule has 1 saturated heterocycles. The van der Waals surface area contributed by atoms with Crippen molar-refractivity contribution in [3.05, 3.63) is 35.9 Å². The topological polar surface area (TPSA) is 77.4 Å². The fraction of sp³-hybridized carbons (Fsp3) is 0.625. The first-order valence-corrected chi connectivity index (χ1v) is 7.47. The van der Waals surface area contributed by atoms with Crippen molar-refractivity contribution in [2.45, 2.75) is 56.4 Å². The van der Waals surface area contributed by atoms with Gasteiger partial charge in [-0.15, -0.1) is 0 Å². The van der Waals surface area contributed by atoms with Crippen molar-refractivity contribution in [1.29, 1.82) is 0 Å². The van der Waals surface area contributed by atoms with E-state index >= 15 is 0 Å². The molecule has 0 aromatic heterocycles. The van der Waals surface area contributed by atoms with Crippen LogP contribution in [0.25, 0.3) is 0 Å². The summed E-state index contributed by atoms with van der Waals surface area (Å²) in [5.74, 6) is 0. The standard InChI is InChI=1S/C16H22O6/c1-9-21-15-11(17)13(19-2)14(12(18)16(15)22-9)20-8-10-6-4-3-5-7-10/h3-7,9,11-18H,8H2,1-2H3/t9-,11-,12+,13-,14+,15+,16-/m0/s1. The van der Waals surface area contributed by atoms with Crippen molar-refractivity contribution >= 4 is 0 Å². The molecule has 1 aromatic rings. The Morgan fingerprint density at radius 3 is 2.18 bits per heavy atom. The number of methoxy groups -OCH3 is 1. The average Bonchev–Trinajstić information content (AvgIpc) is 2.93. The number of benzene rings is 1. The molecule has 0 amide bonds. The molecular formula is C16H22O6. The minimum atomic E-state index is -0.924. The Morgan fingerprint density at radius 2 is 1.59 bits per heavy atom. The molecule has 0 bridgehead atoms. The Balaban J connectivity index is 1.73. The lowest BCUT2D eigenvalue weighted by atomic mass is 9.84. The van der Waals surface area contributed by atoms with Gasteiger partial charge >= 0.3 is 0 Å². The van der Waals surface area contributed by atoms with Gasteiger partial charge in [-0.2, -0.15) is 0 Å². The summed E-state index contributed by atoms with van der Waals surface area (Å²) in [6.07, 6.45) is -4.88. The van der Waals surface area contributed by atoms with Crippen LogP contribution in [0.4, 0.5) is 0 Å². The molecule has 0 spiro atoms. The maximum atomic E-state index is 10.5. The van der Waals surface area contributed by atoms with E-state index in [1.54, 1.807) is 6.92 Å². The van der Waals surface area contributed by atoms with Gasteiger partial charge in [0.05, 0.1) is 6.61 Å². The summed E-state index contributed by atoms with van der Waals surface area (Å²) in [6, 6.07) is 9.64. The first-order valence-electron chi connectivity index (χ1n) is 7.47. The van der Waals surface area contributed by atoms with Crippen LogP contribution in [-0.4, -0.2) is 60.2 Å². The van der Waals surface area contributed by atoms with Crippen molar-refractivity contribution in [3.8, 4) is 0 Å². The van der Waals surface area contributed by atoms with Gasteiger partial charge in [0.25, 0.3) is 0 Å². The van der Waals surface area contributed by atoms with Gasteiger partial charge in [-0.25, -0.2) is 0 Å². The van der Waals surface area contributed by atoms with Crippen LogP contribution in [0.5, 0.6) is 0 Å². The number of aliphatic hydroxyl groups is 2. The van der Waals surface area contributed by atoms with E-state index in [0.29, 0.717) is 6.61 Å². The number of aliphatic hydroxyl groups excluding tert-OH is 2. The normalized spacial score (nSPS) is 41.4. The third-order valence-electron chi connectivity index (χ3n) is 4.25. The minimum Gasteiger partial charge on any atom is -0.387 e. The molecule has 2 aliphatic rings. The number of fused-ring (bicyclic) bond motifs is 1. The Labute approximate surface area is 129 Å². The lowest BCUT2D eigenvalue weighted by Gasteiger charge is -2.42. The predicted octanol–water partition coefficient (Wildman–Crippen LogP) is 0.452. The van der Waals surface area contributed by atoms with E-state index < -0.39 is 42.9 Å². The molecule has 7 atom stereocenters. The van der Waals surface area contributed by atoms with Crippen LogP contribution >= 0.6 is 0 Å². The summed E-state index contributed by atoms with van der Waals surface area (Å²) in [5, 5.41) is 21.0. The highest BCUT2D eigenvalue weighted by molar-refractivity contribution is 5.14. The summed E-state index contributed by atoms with van der Waals surface area (Å²) < 4.78 is 22.3.